The average Bonchev–Trinajstić information content (AvgIpc) is 3.21. The topological polar surface area (TPSA) is 114 Å². The number of nitrogens with one attached hydrogen (secondary N) is 2. The molecular formula is C23H29N3O6S. The molecule has 1 heterocycles. The number of sulfonamides is 1. The first-order valence-corrected chi connectivity index (χ1v) is 12.2. The molecule has 2 aromatic rings. The zero-order valence-corrected chi connectivity index (χ0v) is 19.6. The van der Waals surface area contributed by atoms with Gasteiger partial charge in [0.1, 0.15) is 5.75 Å². The minimum atomic E-state index is -3.64. The summed E-state index contributed by atoms with van der Waals surface area (Å²) < 4.78 is 37.6. The summed E-state index contributed by atoms with van der Waals surface area (Å²) in [4.78, 5) is 26.8. The van der Waals surface area contributed by atoms with Crippen LogP contribution in [0.1, 0.15) is 19.8 Å². The summed E-state index contributed by atoms with van der Waals surface area (Å²) >= 11 is 0. The molecule has 1 aliphatic rings. The van der Waals surface area contributed by atoms with Crippen molar-refractivity contribution in [2.75, 3.05) is 43.6 Å². The van der Waals surface area contributed by atoms with Gasteiger partial charge in [-0.1, -0.05) is 0 Å². The van der Waals surface area contributed by atoms with Crippen LogP contribution >= 0.6 is 0 Å². The van der Waals surface area contributed by atoms with E-state index in [1.165, 1.54) is 24.3 Å². The Morgan fingerprint density at radius 2 is 1.82 bits per heavy atom. The summed E-state index contributed by atoms with van der Waals surface area (Å²) in [5, 5.41) is 2.77. The van der Waals surface area contributed by atoms with E-state index in [0.29, 0.717) is 36.8 Å². The SMILES string of the molecule is CCOCCCNS(=O)(=O)c1ccc(NC(=O)[C@H]2CC(=O)N(c3ccc(OC)cc3)C2)cc1. The Hall–Kier alpha value is -2.95. The molecule has 1 atom stereocenters. The highest BCUT2D eigenvalue weighted by molar-refractivity contribution is 7.89. The van der Waals surface area contributed by atoms with E-state index in [0.717, 1.165) is 0 Å². The standard InChI is InChI=1S/C23H29N3O6S/c1-3-32-14-4-13-24-33(29,30)21-11-5-18(6-12-21)25-23(28)17-15-22(27)26(16-17)19-7-9-20(31-2)10-8-19/h5-12,17,24H,3-4,13-16H2,1-2H3,(H,25,28)/t17-/m0/s1. The molecule has 0 aromatic heterocycles. The van der Waals surface area contributed by atoms with Gasteiger partial charge < -0.3 is 19.7 Å². The number of rotatable bonds is 11. The molecule has 178 valence electrons. The molecule has 2 N–H and O–H groups in total. The van der Waals surface area contributed by atoms with Gasteiger partial charge in [-0.3, -0.25) is 9.59 Å². The van der Waals surface area contributed by atoms with Crippen molar-refractivity contribution in [3.05, 3.63) is 48.5 Å². The fourth-order valence-electron chi connectivity index (χ4n) is 3.47. The van der Waals surface area contributed by atoms with E-state index in [1.54, 1.807) is 36.3 Å². The van der Waals surface area contributed by atoms with E-state index in [1.807, 2.05) is 6.92 Å². The first kappa shape index (κ1) is 24.7. The second kappa shape index (κ2) is 11.3. The van der Waals surface area contributed by atoms with Crippen LogP contribution in [0.5, 0.6) is 5.75 Å². The Labute approximate surface area is 194 Å². The number of carbonyl (C=O) groups is 2. The predicted molar refractivity (Wildman–Crippen MR) is 125 cm³/mol. The average molecular weight is 476 g/mol. The van der Waals surface area contributed by atoms with Gasteiger partial charge in [0.05, 0.1) is 17.9 Å². The Balaban J connectivity index is 1.55. The van der Waals surface area contributed by atoms with Crippen molar-refractivity contribution in [1.29, 1.82) is 0 Å². The number of carbonyl (C=O) groups excluding carboxylic acids is 2. The molecule has 33 heavy (non-hydrogen) atoms. The third kappa shape index (κ3) is 6.53. The van der Waals surface area contributed by atoms with Gasteiger partial charge in [-0.05, 0) is 61.9 Å². The van der Waals surface area contributed by atoms with Crippen LogP contribution in [0.4, 0.5) is 11.4 Å². The van der Waals surface area contributed by atoms with Crippen molar-refractivity contribution < 1.29 is 27.5 Å². The molecule has 0 bridgehead atoms. The van der Waals surface area contributed by atoms with Gasteiger partial charge >= 0.3 is 0 Å². The monoisotopic (exact) mass is 475 g/mol. The molecule has 2 aromatic carbocycles. The highest BCUT2D eigenvalue weighted by atomic mass is 32.2. The lowest BCUT2D eigenvalue weighted by molar-refractivity contribution is -0.122. The van der Waals surface area contributed by atoms with Crippen LogP contribution in [0, 0.1) is 5.92 Å². The lowest BCUT2D eigenvalue weighted by atomic mass is 10.1. The Morgan fingerprint density at radius 3 is 2.45 bits per heavy atom. The van der Waals surface area contributed by atoms with Crippen molar-refractivity contribution in [3.8, 4) is 5.75 Å². The number of anilines is 2. The van der Waals surface area contributed by atoms with Crippen molar-refractivity contribution in [2.45, 2.75) is 24.7 Å². The summed E-state index contributed by atoms with van der Waals surface area (Å²) in [5.41, 5.74) is 1.17. The molecule has 10 heteroatoms. The zero-order chi connectivity index (χ0) is 23.8. The molecule has 0 unspecified atom stereocenters. The fourth-order valence-corrected chi connectivity index (χ4v) is 4.54. The van der Waals surface area contributed by atoms with E-state index >= 15 is 0 Å². The number of nitrogens with zero attached hydrogens (tertiary/aromatic N) is 1. The Bertz CT molecular complexity index is 1050. The smallest absolute Gasteiger partial charge is 0.240 e. The minimum absolute atomic E-state index is 0.107. The molecule has 1 aliphatic heterocycles. The third-order valence-electron chi connectivity index (χ3n) is 5.27. The maximum absolute atomic E-state index is 12.7. The van der Waals surface area contributed by atoms with E-state index < -0.39 is 15.9 Å². The Kier molecular flexibility index (Phi) is 8.43. The second-order valence-corrected chi connectivity index (χ2v) is 9.33. The summed E-state index contributed by atoms with van der Waals surface area (Å²) in [6.45, 7) is 3.51. The number of benzene rings is 2. The van der Waals surface area contributed by atoms with Crippen LogP contribution in [0.25, 0.3) is 0 Å². The molecule has 0 radical (unpaired) electrons. The third-order valence-corrected chi connectivity index (χ3v) is 6.75. The number of hydrogen-bond donors (Lipinski definition) is 2. The van der Waals surface area contributed by atoms with E-state index in [9.17, 15) is 18.0 Å². The predicted octanol–water partition coefficient (Wildman–Crippen LogP) is 2.39. The molecule has 2 amide bonds. The van der Waals surface area contributed by atoms with E-state index in [4.69, 9.17) is 9.47 Å². The van der Waals surface area contributed by atoms with Crippen LogP contribution in [-0.4, -0.2) is 53.6 Å². The number of hydrogen-bond acceptors (Lipinski definition) is 6. The number of ether oxygens (including phenoxy) is 2. The van der Waals surface area contributed by atoms with Crippen molar-refractivity contribution in [1.82, 2.24) is 4.72 Å². The van der Waals surface area contributed by atoms with Crippen molar-refractivity contribution in [2.24, 2.45) is 5.92 Å². The normalized spacial score (nSPS) is 16.1. The lowest BCUT2D eigenvalue weighted by Crippen LogP contribution is -2.28. The van der Waals surface area contributed by atoms with Crippen LogP contribution < -0.4 is 19.7 Å². The molecule has 9 nitrogen and oxygen atoms in total. The Morgan fingerprint density at radius 1 is 1.12 bits per heavy atom. The van der Waals surface area contributed by atoms with E-state index in [2.05, 4.69) is 10.0 Å². The van der Waals surface area contributed by atoms with Gasteiger partial charge in [0, 0.05) is 44.1 Å². The molecular weight excluding hydrogens is 446 g/mol. The quantitative estimate of drug-likeness (QED) is 0.483. The van der Waals surface area contributed by atoms with Crippen LogP contribution in [0.15, 0.2) is 53.4 Å². The molecule has 1 fully saturated rings. The molecule has 0 spiro atoms. The summed E-state index contributed by atoms with van der Waals surface area (Å²) in [6.07, 6.45) is 0.685. The summed E-state index contributed by atoms with van der Waals surface area (Å²) in [6, 6.07) is 13.0. The summed E-state index contributed by atoms with van der Waals surface area (Å²) in [5.74, 6) is -0.234. The first-order chi connectivity index (χ1) is 15.8. The largest absolute Gasteiger partial charge is 0.497 e. The maximum atomic E-state index is 12.7. The van der Waals surface area contributed by atoms with Gasteiger partial charge in [-0.15, -0.1) is 0 Å². The molecule has 1 saturated heterocycles. The first-order valence-electron chi connectivity index (χ1n) is 10.8. The van der Waals surface area contributed by atoms with Crippen LogP contribution in [0.2, 0.25) is 0 Å². The van der Waals surface area contributed by atoms with E-state index in [-0.39, 0.29) is 36.2 Å². The van der Waals surface area contributed by atoms with Crippen LogP contribution in [-0.2, 0) is 24.3 Å². The maximum Gasteiger partial charge on any atom is 0.240 e. The fraction of sp³-hybridized carbons (Fsp3) is 0.391. The van der Waals surface area contributed by atoms with Crippen LogP contribution in [0.3, 0.4) is 0 Å². The highest BCUT2D eigenvalue weighted by Gasteiger charge is 2.35. The molecule has 0 saturated carbocycles. The minimum Gasteiger partial charge on any atom is -0.497 e. The van der Waals surface area contributed by atoms with Crippen molar-refractivity contribution in [3.63, 3.8) is 0 Å². The highest BCUT2D eigenvalue weighted by Crippen LogP contribution is 2.27. The van der Waals surface area contributed by atoms with Gasteiger partial charge in [0.15, 0.2) is 0 Å². The number of methoxy groups -OCH3 is 1. The summed E-state index contributed by atoms with van der Waals surface area (Å²) in [7, 11) is -2.07. The van der Waals surface area contributed by atoms with Gasteiger partial charge in [-0.25, -0.2) is 13.1 Å². The van der Waals surface area contributed by atoms with Gasteiger partial charge in [0.25, 0.3) is 0 Å². The zero-order valence-electron chi connectivity index (χ0n) is 18.7. The van der Waals surface area contributed by atoms with Gasteiger partial charge in [0.2, 0.25) is 21.8 Å². The second-order valence-electron chi connectivity index (χ2n) is 7.57. The van der Waals surface area contributed by atoms with Gasteiger partial charge in [-0.2, -0.15) is 0 Å². The lowest BCUT2D eigenvalue weighted by Gasteiger charge is -2.17. The molecule has 0 aliphatic carbocycles. The molecule has 3 rings (SSSR count). The van der Waals surface area contributed by atoms with Crippen molar-refractivity contribution >= 4 is 33.2 Å². The number of amides is 2.